The summed E-state index contributed by atoms with van der Waals surface area (Å²) < 4.78 is 5.49. The summed E-state index contributed by atoms with van der Waals surface area (Å²) in [5.41, 5.74) is 0. The molecule has 0 aliphatic heterocycles. The molecule has 0 unspecified atom stereocenters. The smallest absolute Gasteiger partial charge is 0.149 e. The summed E-state index contributed by atoms with van der Waals surface area (Å²) in [6.45, 7) is 10.5. The number of hydrogen-bond acceptors (Lipinski definition) is 1. The quantitative estimate of drug-likeness (QED) is 0.562. The van der Waals surface area contributed by atoms with Gasteiger partial charge in [-0.3, -0.25) is 0 Å². The normalized spacial score (nSPS) is 11.3. The Hall–Kier alpha value is 1.44. The molecule has 0 aromatic carbocycles. The summed E-state index contributed by atoms with van der Waals surface area (Å²) in [6.07, 6.45) is 1.09. The topological polar surface area (TPSA) is 9.23 Å². The van der Waals surface area contributed by atoms with Crippen molar-refractivity contribution in [2.45, 2.75) is 33.5 Å². The van der Waals surface area contributed by atoms with Gasteiger partial charge in [0.15, 0.2) is 0 Å². The van der Waals surface area contributed by atoms with Crippen LogP contribution in [0.4, 0.5) is 0 Å². The van der Waals surface area contributed by atoms with E-state index in [2.05, 4.69) is 19.6 Å². The van der Waals surface area contributed by atoms with E-state index < -0.39 is 8.32 Å². The molecule has 0 rings (SSSR count). The van der Waals surface area contributed by atoms with Crippen LogP contribution >= 0.6 is 0 Å². The minimum absolute atomic E-state index is 0. The number of rotatable bonds is 2. The second-order valence-electron chi connectivity index (χ2n) is 3.12. The molecule has 1 nitrogen and oxygen atoms in total. The van der Waals surface area contributed by atoms with Crippen LogP contribution in [0.1, 0.15) is 13.8 Å². The summed E-state index contributed by atoms with van der Waals surface area (Å²) >= 11 is 0. The summed E-state index contributed by atoms with van der Waals surface area (Å²) in [5.74, 6) is 0. The van der Waals surface area contributed by atoms with Gasteiger partial charge in [0.2, 0.25) is 0 Å². The van der Waals surface area contributed by atoms with Gasteiger partial charge in [-0.25, -0.2) is 6.10 Å². The molecule has 0 saturated carbocycles. The van der Waals surface area contributed by atoms with Gasteiger partial charge >= 0.3 is 0 Å². The second kappa shape index (κ2) is 5.14. The molecule has 0 N–H and O–H groups in total. The Morgan fingerprint density at radius 2 is 1.44 bits per heavy atom. The fourth-order valence-electron chi connectivity index (χ4n) is 0.612. The van der Waals surface area contributed by atoms with E-state index in [0.29, 0.717) is 0 Å². The Morgan fingerprint density at radius 3 is 1.44 bits per heavy atom. The van der Waals surface area contributed by atoms with Crippen molar-refractivity contribution < 1.29 is 42.2 Å². The minimum Gasteiger partial charge on any atom is -0.590 e. The molecular formula is C6H15HoOSi-. The molecule has 0 aromatic rings. The molecule has 9 heavy (non-hydrogen) atoms. The molecule has 0 aliphatic rings. The van der Waals surface area contributed by atoms with Crippen molar-refractivity contribution in [2.75, 3.05) is 0 Å². The van der Waals surface area contributed by atoms with Gasteiger partial charge in [0.05, 0.1) is 0 Å². The van der Waals surface area contributed by atoms with E-state index in [0.717, 1.165) is 6.10 Å². The van der Waals surface area contributed by atoms with Gasteiger partial charge in [-0.2, -0.15) is 13.8 Å². The van der Waals surface area contributed by atoms with Crippen LogP contribution in [0.15, 0.2) is 0 Å². The zero-order chi connectivity index (χ0) is 6.78. The van der Waals surface area contributed by atoms with Crippen LogP contribution in [0.5, 0.6) is 0 Å². The van der Waals surface area contributed by atoms with Crippen molar-refractivity contribution in [2.24, 2.45) is 0 Å². The Kier molecular flexibility index (Phi) is 7.45. The molecule has 0 heterocycles. The number of hydrogen-bond donors (Lipinski definition) is 0. The van der Waals surface area contributed by atoms with Crippen molar-refractivity contribution in [3.8, 4) is 0 Å². The predicted molar refractivity (Wildman–Crippen MR) is 39.0 cm³/mol. The van der Waals surface area contributed by atoms with Gasteiger partial charge in [-0.05, 0) is 19.6 Å². The van der Waals surface area contributed by atoms with Crippen LogP contribution in [0.3, 0.4) is 0 Å². The van der Waals surface area contributed by atoms with Gasteiger partial charge in [0, 0.05) is 37.7 Å². The molecule has 0 aromatic heterocycles. The van der Waals surface area contributed by atoms with Gasteiger partial charge in [-0.15, -0.1) is 0 Å². The average molecular weight is 296 g/mol. The van der Waals surface area contributed by atoms with E-state index >= 15 is 0 Å². The average Bonchev–Trinajstić information content (AvgIpc) is 1.21. The van der Waals surface area contributed by atoms with E-state index in [9.17, 15) is 0 Å². The molecule has 0 atom stereocenters. The van der Waals surface area contributed by atoms with Crippen LogP contribution in [-0.2, 0) is 4.43 Å². The fourth-order valence-corrected chi connectivity index (χ4v) is 1.84. The summed E-state index contributed by atoms with van der Waals surface area (Å²) in [7, 11) is -1.26. The summed E-state index contributed by atoms with van der Waals surface area (Å²) in [5, 5.41) is 0. The monoisotopic (exact) mass is 296 g/mol. The molecule has 61 valence electrons. The van der Waals surface area contributed by atoms with Crippen molar-refractivity contribution in [1.82, 2.24) is 0 Å². The van der Waals surface area contributed by atoms with Gasteiger partial charge in [-0.1, -0.05) is 0 Å². The summed E-state index contributed by atoms with van der Waals surface area (Å²) in [6, 6.07) is 0. The Balaban J connectivity index is 0. The van der Waals surface area contributed by atoms with Gasteiger partial charge in [0.25, 0.3) is 0 Å². The second-order valence-corrected chi connectivity index (χ2v) is 7.55. The zero-order valence-corrected chi connectivity index (χ0v) is 9.64. The molecule has 0 bridgehead atoms. The van der Waals surface area contributed by atoms with Crippen LogP contribution in [0, 0.1) is 43.8 Å². The molecule has 0 aliphatic carbocycles. The van der Waals surface area contributed by atoms with E-state index in [1.165, 1.54) is 0 Å². The molecule has 0 spiro atoms. The zero-order valence-electron chi connectivity index (χ0n) is 6.71. The van der Waals surface area contributed by atoms with Gasteiger partial charge < -0.3 is 4.43 Å². The first kappa shape index (κ1) is 13.1. The van der Waals surface area contributed by atoms with Gasteiger partial charge in [0.1, 0.15) is 8.32 Å². The Morgan fingerprint density at radius 1 is 1.11 bits per heavy atom. The molecule has 3 heteroatoms. The third-order valence-electron chi connectivity index (χ3n) is 0.510. The minimum atomic E-state index is -1.26. The Bertz CT molecular complexity index is 67.9. The maximum absolute atomic E-state index is 5.49. The molecule has 0 saturated heterocycles. The summed E-state index contributed by atoms with van der Waals surface area (Å²) in [4.78, 5) is 0. The molecule has 1 radical (unpaired) electrons. The third-order valence-corrected chi connectivity index (χ3v) is 1.53. The van der Waals surface area contributed by atoms with Crippen molar-refractivity contribution >= 4 is 8.32 Å². The van der Waals surface area contributed by atoms with Crippen LogP contribution in [-0.4, -0.2) is 8.32 Å². The maximum Gasteiger partial charge on any atom is 0.149 e. The van der Waals surface area contributed by atoms with E-state index in [-0.39, 0.29) is 37.7 Å². The van der Waals surface area contributed by atoms with Crippen molar-refractivity contribution in [3.05, 3.63) is 6.10 Å². The first-order valence-electron chi connectivity index (χ1n) is 2.91. The third kappa shape index (κ3) is 12.6. The largest absolute Gasteiger partial charge is 0.590 e. The predicted octanol–water partition coefficient (Wildman–Crippen LogP) is 2.41. The van der Waals surface area contributed by atoms with Crippen LogP contribution < -0.4 is 0 Å². The maximum atomic E-state index is 5.49. The van der Waals surface area contributed by atoms with Crippen LogP contribution in [0.2, 0.25) is 19.6 Å². The van der Waals surface area contributed by atoms with E-state index in [1.807, 2.05) is 13.8 Å². The first-order valence-corrected chi connectivity index (χ1v) is 6.32. The molecule has 0 amide bonds. The standard InChI is InChI=1S/C6H15OSi.Ho/c1-6(2)7-8(3,4)5;/h1-5H3;/q-1;. The van der Waals surface area contributed by atoms with E-state index in [4.69, 9.17) is 4.43 Å². The van der Waals surface area contributed by atoms with E-state index in [1.54, 1.807) is 0 Å². The van der Waals surface area contributed by atoms with Crippen LogP contribution in [0.25, 0.3) is 0 Å². The van der Waals surface area contributed by atoms with Crippen molar-refractivity contribution in [1.29, 1.82) is 0 Å². The fraction of sp³-hybridized carbons (Fsp3) is 0.833. The van der Waals surface area contributed by atoms with Crippen molar-refractivity contribution in [3.63, 3.8) is 0 Å². The first-order chi connectivity index (χ1) is 3.42. The SMILES string of the molecule is C[C-](C)O[Si](C)(C)C.[Ho]. The molecule has 0 fully saturated rings. The Labute approximate surface area is 89.3 Å². The molecular weight excluding hydrogens is 281 g/mol.